The summed E-state index contributed by atoms with van der Waals surface area (Å²) in [6.45, 7) is 6.11. The van der Waals surface area contributed by atoms with E-state index in [1.165, 1.54) is 0 Å². The molecule has 2 aromatic rings. The number of para-hydroxylation sites is 1. The first-order valence-corrected chi connectivity index (χ1v) is 8.41. The third-order valence-electron chi connectivity index (χ3n) is 4.23. The fourth-order valence-corrected chi connectivity index (χ4v) is 2.88. The number of carbonyl (C=O) groups excluding carboxylic acids is 2. The van der Waals surface area contributed by atoms with Gasteiger partial charge in [0.15, 0.2) is 0 Å². The second-order valence-electron chi connectivity index (χ2n) is 5.73. The number of nitrogens with zero attached hydrogens (tertiary/aromatic N) is 2. The summed E-state index contributed by atoms with van der Waals surface area (Å²) in [6, 6.07) is 16.4. The molecule has 5 heteroatoms. The second-order valence-corrected chi connectivity index (χ2v) is 5.73. The van der Waals surface area contributed by atoms with Crippen molar-refractivity contribution in [2.45, 2.75) is 13.8 Å². The van der Waals surface area contributed by atoms with Crippen LogP contribution in [0.25, 0.3) is 6.08 Å². The Kier molecular flexibility index (Phi) is 4.84. The topological polar surface area (TPSA) is 52.7 Å². The first-order chi connectivity index (χ1) is 12.1. The highest BCUT2D eigenvalue weighted by Gasteiger charge is 2.34. The minimum atomic E-state index is -0.429. The summed E-state index contributed by atoms with van der Waals surface area (Å²) in [5, 5.41) is 2.65. The van der Waals surface area contributed by atoms with E-state index in [1.807, 2.05) is 30.3 Å². The van der Waals surface area contributed by atoms with E-state index in [-0.39, 0.29) is 11.6 Å². The largest absolute Gasteiger partial charge is 0.372 e. The lowest BCUT2D eigenvalue weighted by atomic mass is 10.1. The van der Waals surface area contributed by atoms with Crippen LogP contribution in [-0.4, -0.2) is 25.0 Å². The Balaban J connectivity index is 1.82. The maximum Gasteiger partial charge on any atom is 0.333 e. The van der Waals surface area contributed by atoms with E-state index in [2.05, 4.69) is 24.1 Å². The zero-order valence-electron chi connectivity index (χ0n) is 14.4. The van der Waals surface area contributed by atoms with E-state index in [1.54, 1.807) is 30.3 Å². The van der Waals surface area contributed by atoms with Crippen molar-refractivity contribution in [3.8, 4) is 0 Å². The minimum Gasteiger partial charge on any atom is -0.372 e. The third kappa shape index (κ3) is 3.40. The van der Waals surface area contributed by atoms with Crippen molar-refractivity contribution in [2.24, 2.45) is 0 Å². The van der Waals surface area contributed by atoms with Crippen LogP contribution in [0.2, 0.25) is 0 Å². The van der Waals surface area contributed by atoms with E-state index in [4.69, 9.17) is 0 Å². The van der Waals surface area contributed by atoms with Crippen LogP contribution in [0.5, 0.6) is 0 Å². The zero-order valence-corrected chi connectivity index (χ0v) is 14.4. The molecule has 128 valence electrons. The maximum atomic E-state index is 12.6. The average Bonchev–Trinajstić information content (AvgIpc) is 2.91. The molecule has 0 bridgehead atoms. The first kappa shape index (κ1) is 16.8. The van der Waals surface area contributed by atoms with Crippen LogP contribution in [0.1, 0.15) is 19.4 Å². The molecule has 0 radical (unpaired) electrons. The molecule has 0 aromatic heterocycles. The van der Waals surface area contributed by atoms with Crippen LogP contribution in [0.4, 0.5) is 16.2 Å². The molecule has 0 atom stereocenters. The molecule has 5 nitrogen and oxygen atoms in total. The van der Waals surface area contributed by atoms with Gasteiger partial charge in [-0.05, 0) is 49.8 Å². The number of hydrogen-bond donors (Lipinski definition) is 1. The molecule has 3 amide bonds. The monoisotopic (exact) mass is 335 g/mol. The predicted molar refractivity (Wildman–Crippen MR) is 100 cm³/mol. The van der Waals surface area contributed by atoms with Crippen molar-refractivity contribution >= 4 is 29.4 Å². The highest BCUT2D eigenvalue weighted by molar-refractivity contribution is 6.28. The molecule has 1 saturated heterocycles. The van der Waals surface area contributed by atoms with E-state index in [0.717, 1.165) is 29.2 Å². The molecule has 1 aliphatic heterocycles. The Bertz CT molecular complexity index is 793. The normalized spacial score (nSPS) is 15.6. The van der Waals surface area contributed by atoms with Crippen molar-refractivity contribution in [2.75, 3.05) is 22.9 Å². The van der Waals surface area contributed by atoms with Crippen molar-refractivity contribution in [1.29, 1.82) is 0 Å². The van der Waals surface area contributed by atoms with E-state index < -0.39 is 6.03 Å². The Morgan fingerprint density at radius 2 is 1.60 bits per heavy atom. The van der Waals surface area contributed by atoms with E-state index in [0.29, 0.717) is 5.69 Å². The van der Waals surface area contributed by atoms with Gasteiger partial charge in [0.2, 0.25) is 0 Å². The number of hydrogen-bond acceptors (Lipinski definition) is 3. The fraction of sp³-hybridized carbons (Fsp3) is 0.200. The van der Waals surface area contributed by atoms with Gasteiger partial charge in [-0.3, -0.25) is 4.79 Å². The van der Waals surface area contributed by atoms with E-state index >= 15 is 0 Å². The SMILES string of the molecule is CCN(CC)c1ccc(C=C2NC(=O)N(c3ccccc3)C2=O)cc1. The maximum absolute atomic E-state index is 12.6. The summed E-state index contributed by atoms with van der Waals surface area (Å²) in [7, 11) is 0. The summed E-state index contributed by atoms with van der Waals surface area (Å²) in [6.07, 6.45) is 1.70. The average molecular weight is 335 g/mol. The van der Waals surface area contributed by atoms with Gasteiger partial charge in [-0.25, -0.2) is 9.69 Å². The van der Waals surface area contributed by atoms with Crippen molar-refractivity contribution < 1.29 is 9.59 Å². The van der Waals surface area contributed by atoms with Crippen LogP contribution in [0.3, 0.4) is 0 Å². The highest BCUT2D eigenvalue weighted by Crippen LogP contribution is 2.22. The number of imide groups is 1. The number of carbonyl (C=O) groups is 2. The van der Waals surface area contributed by atoms with Crippen LogP contribution < -0.4 is 15.1 Å². The molecule has 25 heavy (non-hydrogen) atoms. The molecule has 1 N–H and O–H groups in total. The van der Waals surface area contributed by atoms with Crippen LogP contribution in [0, 0.1) is 0 Å². The van der Waals surface area contributed by atoms with Crippen LogP contribution >= 0.6 is 0 Å². The van der Waals surface area contributed by atoms with Gasteiger partial charge in [0, 0.05) is 18.8 Å². The molecular formula is C20H21N3O2. The summed E-state index contributed by atoms with van der Waals surface area (Å²) >= 11 is 0. The Morgan fingerprint density at radius 3 is 2.20 bits per heavy atom. The first-order valence-electron chi connectivity index (χ1n) is 8.41. The van der Waals surface area contributed by atoms with Gasteiger partial charge < -0.3 is 10.2 Å². The highest BCUT2D eigenvalue weighted by atomic mass is 16.2. The minimum absolute atomic E-state index is 0.282. The van der Waals surface area contributed by atoms with Gasteiger partial charge in [0.25, 0.3) is 5.91 Å². The van der Waals surface area contributed by atoms with Gasteiger partial charge >= 0.3 is 6.03 Å². The number of nitrogens with one attached hydrogen (secondary N) is 1. The molecule has 1 aliphatic rings. The van der Waals surface area contributed by atoms with Crippen molar-refractivity contribution in [3.05, 3.63) is 65.9 Å². The Labute approximate surface area is 147 Å². The van der Waals surface area contributed by atoms with Crippen molar-refractivity contribution in [3.63, 3.8) is 0 Å². The number of amides is 3. The smallest absolute Gasteiger partial charge is 0.333 e. The van der Waals surface area contributed by atoms with Crippen molar-refractivity contribution in [1.82, 2.24) is 5.32 Å². The summed E-state index contributed by atoms with van der Waals surface area (Å²) in [4.78, 5) is 28.1. The predicted octanol–water partition coefficient (Wildman–Crippen LogP) is 3.63. The number of urea groups is 1. The fourth-order valence-electron chi connectivity index (χ4n) is 2.88. The third-order valence-corrected chi connectivity index (χ3v) is 4.23. The molecule has 3 rings (SSSR count). The number of benzene rings is 2. The summed E-state index contributed by atoms with van der Waals surface area (Å²) in [5.41, 5.74) is 2.85. The lowest BCUT2D eigenvalue weighted by Gasteiger charge is -2.20. The number of rotatable bonds is 5. The molecule has 1 fully saturated rings. The molecule has 0 unspecified atom stereocenters. The molecule has 1 heterocycles. The zero-order chi connectivity index (χ0) is 17.8. The molecule has 2 aromatic carbocycles. The second kappa shape index (κ2) is 7.21. The summed E-state index contributed by atoms with van der Waals surface area (Å²) in [5.74, 6) is -0.344. The molecule has 0 saturated carbocycles. The van der Waals surface area contributed by atoms with Gasteiger partial charge in [0.1, 0.15) is 5.70 Å². The number of anilines is 2. The summed E-state index contributed by atoms with van der Waals surface area (Å²) < 4.78 is 0. The molecule has 0 spiro atoms. The van der Waals surface area contributed by atoms with Crippen LogP contribution in [-0.2, 0) is 4.79 Å². The lowest BCUT2D eigenvalue weighted by molar-refractivity contribution is -0.113. The molecular weight excluding hydrogens is 314 g/mol. The van der Waals surface area contributed by atoms with Gasteiger partial charge in [-0.2, -0.15) is 0 Å². The van der Waals surface area contributed by atoms with Gasteiger partial charge in [-0.15, -0.1) is 0 Å². The van der Waals surface area contributed by atoms with Gasteiger partial charge in [-0.1, -0.05) is 30.3 Å². The standard InChI is InChI=1S/C20H21N3O2/c1-3-22(4-2)16-12-10-15(11-13-16)14-18-19(24)23(20(25)21-18)17-8-6-5-7-9-17/h5-14H,3-4H2,1-2H3,(H,21,25). The Hall–Kier alpha value is -3.08. The van der Waals surface area contributed by atoms with Gasteiger partial charge in [0.05, 0.1) is 5.69 Å². The molecule has 0 aliphatic carbocycles. The van der Waals surface area contributed by atoms with Crippen LogP contribution in [0.15, 0.2) is 60.3 Å². The lowest BCUT2D eigenvalue weighted by Crippen LogP contribution is -2.30. The van der Waals surface area contributed by atoms with E-state index in [9.17, 15) is 9.59 Å². The Morgan fingerprint density at radius 1 is 0.960 bits per heavy atom. The quantitative estimate of drug-likeness (QED) is 0.670.